The van der Waals surface area contributed by atoms with Crippen molar-refractivity contribution in [1.29, 1.82) is 0 Å². The highest BCUT2D eigenvalue weighted by Gasteiger charge is 2.10. The summed E-state index contributed by atoms with van der Waals surface area (Å²) in [5.74, 6) is -0.421. The lowest BCUT2D eigenvalue weighted by atomic mass is 10.5. The highest BCUT2D eigenvalue weighted by atomic mass is 79.9. The van der Waals surface area contributed by atoms with Crippen molar-refractivity contribution in [2.45, 2.75) is 11.8 Å². The molecule has 0 saturated heterocycles. The average molecular weight is 251 g/mol. The van der Waals surface area contributed by atoms with E-state index in [0.717, 1.165) is 11.7 Å². The van der Waals surface area contributed by atoms with Gasteiger partial charge < -0.3 is 4.74 Å². The molecule has 0 fully saturated rings. The summed E-state index contributed by atoms with van der Waals surface area (Å²) in [5.41, 5.74) is 0.271. The Balaban J connectivity index is 2.40. The Hall–Kier alpha value is -0.490. The molecule has 0 aliphatic heterocycles. The van der Waals surface area contributed by atoms with Crippen molar-refractivity contribution in [3.63, 3.8) is 0 Å². The smallest absolute Gasteiger partial charge is 0.359 e. The lowest BCUT2D eigenvalue weighted by Gasteiger charge is -2.02. The Morgan fingerprint density at radius 1 is 1.92 bits per heavy atom. The van der Waals surface area contributed by atoms with E-state index in [9.17, 15) is 4.79 Å². The van der Waals surface area contributed by atoms with Crippen molar-refractivity contribution in [2.24, 2.45) is 0 Å². The molecule has 1 heterocycles. The van der Waals surface area contributed by atoms with Gasteiger partial charge in [0.25, 0.3) is 0 Å². The fourth-order valence-electron chi connectivity index (χ4n) is 0.519. The molecule has 66 valence electrons. The number of ether oxygens (including phenoxy) is 1. The molecule has 0 bridgehead atoms. The van der Waals surface area contributed by atoms with E-state index < -0.39 is 5.97 Å². The summed E-state index contributed by atoms with van der Waals surface area (Å²) < 4.78 is 12.3. The van der Waals surface area contributed by atoms with Crippen LogP contribution in [0.5, 0.6) is 0 Å². The highest BCUT2D eigenvalue weighted by Crippen LogP contribution is 2.02. The van der Waals surface area contributed by atoms with E-state index in [1.807, 2.05) is 6.92 Å². The summed E-state index contributed by atoms with van der Waals surface area (Å²) in [7, 11) is 0. The van der Waals surface area contributed by atoms with Crippen molar-refractivity contribution in [3.05, 3.63) is 11.9 Å². The van der Waals surface area contributed by atoms with Crippen molar-refractivity contribution in [3.8, 4) is 0 Å². The van der Waals surface area contributed by atoms with E-state index in [0.29, 0.717) is 6.61 Å². The molecule has 0 aromatic carbocycles. The van der Waals surface area contributed by atoms with Gasteiger partial charge in [-0.05, 0) is 6.92 Å². The molecule has 0 aliphatic carbocycles. The van der Waals surface area contributed by atoms with E-state index in [2.05, 4.69) is 24.7 Å². The summed E-state index contributed by atoms with van der Waals surface area (Å²) in [6.45, 7) is 2.24. The van der Waals surface area contributed by atoms with Gasteiger partial charge in [-0.25, -0.2) is 4.79 Å². The van der Waals surface area contributed by atoms with Crippen LogP contribution in [0.2, 0.25) is 0 Å². The van der Waals surface area contributed by atoms with Crippen LogP contribution >= 0.6 is 27.7 Å². The Labute approximate surface area is 82.4 Å². The maximum absolute atomic E-state index is 11.1. The van der Waals surface area contributed by atoms with Crippen LogP contribution in [0.3, 0.4) is 0 Å². The number of rotatable bonds is 3. The minimum atomic E-state index is -0.421. The molecule has 1 unspecified atom stereocenters. The number of alkyl halides is 1. The minimum Gasteiger partial charge on any atom is -0.460 e. The molecule has 0 radical (unpaired) electrons. The van der Waals surface area contributed by atoms with Gasteiger partial charge in [0, 0.05) is 4.83 Å². The van der Waals surface area contributed by atoms with Crippen molar-refractivity contribution in [2.75, 3.05) is 6.61 Å². The van der Waals surface area contributed by atoms with Crippen LogP contribution < -0.4 is 0 Å². The number of carbonyl (C=O) groups is 1. The predicted octanol–water partition coefficient (Wildman–Crippen LogP) is 1.48. The van der Waals surface area contributed by atoms with E-state index in [4.69, 9.17) is 4.74 Å². The second-order valence-electron chi connectivity index (χ2n) is 2.17. The lowest BCUT2D eigenvalue weighted by molar-refractivity contribution is 0.0506. The molecule has 1 rings (SSSR count). The molecule has 0 amide bonds. The third kappa shape index (κ3) is 2.86. The molecule has 0 saturated carbocycles. The number of hydrogen-bond donors (Lipinski definition) is 0. The number of esters is 1. The number of aromatic nitrogens is 2. The van der Waals surface area contributed by atoms with Crippen LogP contribution in [0.25, 0.3) is 0 Å². The molecule has 6 heteroatoms. The summed E-state index contributed by atoms with van der Waals surface area (Å²) in [6.07, 6.45) is 1.39. The summed E-state index contributed by atoms with van der Waals surface area (Å²) in [5, 5.41) is 0. The molecular weight excluding hydrogens is 244 g/mol. The van der Waals surface area contributed by atoms with Crippen LogP contribution in [-0.4, -0.2) is 26.2 Å². The number of hydrogen-bond acceptors (Lipinski definition) is 5. The Bertz CT molecular complexity index is 250. The Kier molecular flexibility index (Phi) is 3.61. The van der Waals surface area contributed by atoms with Gasteiger partial charge >= 0.3 is 5.97 Å². The highest BCUT2D eigenvalue weighted by molar-refractivity contribution is 9.09. The predicted molar refractivity (Wildman–Crippen MR) is 48.6 cm³/mol. The van der Waals surface area contributed by atoms with Gasteiger partial charge in [0.1, 0.15) is 6.61 Å². The monoisotopic (exact) mass is 250 g/mol. The standard InChI is InChI=1S/C6H7BrN2O2S/c1-4(7)3-11-6(10)5-2-8-12-9-5/h2,4H,3H2,1H3. The molecular formula is C6H7BrN2O2S. The quantitative estimate of drug-likeness (QED) is 0.603. The normalized spacial score (nSPS) is 12.5. The van der Waals surface area contributed by atoms with Gasteiger partial charge in [-0.15, -0.1) is 0 Å². The maximum Gasteiger partial charge on any atom is 0.359 e. The first-order chi connectivity index (χ1) is 5.70. The van der Waals surface area contributed by atoms with Crippen LogP contribution in [0.4, 0.5) is 0 Å². The molecule has 1 atom stereocenters. The topological polar surface area (TPSA) is 52.1 Å². The van der Waals surface area contributed by atoms with E-state index >= 15 is 0 Å². The Morgan fingerprint density at radius 2 is 2.67 bits per heavy atom. The number of carbonyl (C=O) groups excluding carboxylic acids is 1. The fourth-order valence-corrected chi connectivity index (χ4v) is 1.05. The Morgan fingerprint density at radius 3 is 3.17 bits per heavy atom. The zero-order chi connectivity index (χ0) is 8.97. The van der Waals surface area contributed by atoms with Gasteiger partial charge in [0.15, 0.2) is 5.69 Å². The second-order valence-corrected chi connectivity index (χ2v) is 4.29. The zero-order valence-electron chi connectivity index (χ0n) is 6.36. The molecule has 0 spiro atoms. The third-order valence-electron chi connectivity index (χ3n) is 1.01. The maximum atomic E-state index is 11.1. The van der Waals surface area contributed by atoms with Gasteiger partial charge in [0.2, 0.25) is 0 Å². The van der Waals surface area contributed by atoms with Crippen LogP contribution in [-0.2, 0) is 4.74 Å². The molecule has 0 N–H and O–H groups in total. The van der Waals surface area contributed by atoms with Gasteiger partial charge in [-0.1, -0.05) is 15.9 Å². The van der Waals surface area contributed by atoms with Gasteiger partial charge in [-0.3, -0.25) is 0 Å². The summed E-state index contributed by atoms with van der Waals surface area (Å²) in [6, 6.07) is 0. The zero-order valence-corrected chi connectivity index (χ0v) is 8.76. The summed E-state index contributed by atoms with van der Waals surface area (Å²) >= 11 is 4.25. The lowest BCUT2D eigenvalue weighted by Crippen LogP contribution is -2.11. The largest absolute Gasteiger partial charge is 0.460 e. The van der Waals surface area contributed by atoms with Crippen molar-refractivity contribution in [1.82, 2.24) is 8.75 Å². The molecule has 1 aromatic rings. The van der Waals surface area contributed by atoms with Crippen molar-refractivity contribution >= 4 is 33.6 Å². The summed E-state index contributed by atoms with van der Waals surface area (Å²) in [4.78, 5) is 11.2. The van der Waals surface area contributed by atoms with Crippen LogP contribution in [0.1, 0.15) is 17.4 Å². The average Bonchev–Trinajstić information content (AvgIpc) is 2.51. The minimum absolute atomic E-state index is 0.160. The van der Waals surface area contributed by atoms with Crippen LogP contribution in [0.15, 0.2) is 6.20 Å². The number of nitrogens with zero attached hydrogens (tertiary/aromatic N) is 2. The molecule has 0 aliphatic rings. The van der Waals surface area contributed by atoms with Crippen molar-refractivity contribution < 1.29 is 9.53 Å². The molecule has 4 nitrogen and oxygen atoms in total. The number of halogens is 1. The van der Waals surface area contributed by atoms with E-state index in [1.165, 1.54) is 6.20 Å². The van der Waals surface area contributed by atoms with Gasteiger partial charge in [0.05, 0.1) is 17.9 Å². The van der Waals surface area contributed by atoms with Gasteiger partial charge in [-0.2, -0.15) is 8.75 Å². The second kappa shape index (κ2) is 4.51. The SMILES string of the molecule is CC(Br)COC(=O)c1cnsn1. The van der Waals surface area contributed by atoms with E-state index in [-0.39, 0.29) is 10.5 Å². The molecule has 1 aromatic heterocycles. The third-order valence-corrected chi connectivity index (χ3v) is 1.76. The fraction of sp³-hybridized carbons (Fsp3) is 0.500. The van der Waals surface area contributed by atoms with Crippen LogP contribution in [0, 0.1) is 0 Å². The first-order valence-corrected chi connectivity index (χ1v) is 4.93. The molecule has 12 heavy (non-hydrogen) atoms. The first kappa shape index (κ1) is 9.60. The first-order valence-electron chi connectivity index (χ1n) is 3.29. The van der Waals surface area contributed by atoms with E-state index in [1.54, 1.807) is 0 Å².